The molecule has 0 bridgehead atoms. The van der Waals surface area contributed by atoms with Gasteiger partial charge < -0.3 is 15.4 Å². The first kappa shape index (κ1) is 11.3. The number of nitrogens with zero attached hydrogens (tertiary/aromatic N) is 4. The van der Waals surface area contributed by atoms with Crippen LogP contribution < -0.4 is 10.5 Å². The van der Waals surface area contributed by atoms with Crippen molar-refractivity contribution >= 4 is 17.1 Å². The number of imidazole rings is 1. The van der Waals surface area contributed by atoms with E-state index in [2.05, 4.69) is 21.9 Å². The van der Waals surface area contributed by atoms with Gasteiger partial charge in [0.15, 0.2) is 5.65 Å². The third-order valence-electron chi connectivity index (χ3n) is 3.48. The smallest absolute Gasteiger partial charge is 0.215 e. The fourth-order valence-corrected chi connectivity index (χ4v) is 2.57. The largest absolute Gasteiger partial charge is 0.481 e. The number of likely N-dealkylation sites (N-methyl/N-ethyl adjacent to an activating group) is 1. The topological polar surface area (TPSA) is 69.2 Å². The van der Waals surface area contributed by atoms with Crippen molar-refractivity contribution in [1.82, 2.24) is 19.4 Å². The Kier molecular flexibility index (Phi) is 2.59. The lowest BCUT2D eigenvalue weighted by atomic mass is 10.2. The summed E-state index contributed by atoms with van der Waals surface area (Å²) in [6.45, 7) is 2.06. The summed E-state index contributed by atoms with van der Waals surface area (Å²) in [4.78, 5) is 11.1. The summed E-state index contributed by atoms with van der Waals surface area (Å²) in [5, 5.41) is 0. The molecule has 1 saturated heterocycles. The number of nitrogens with two attached hydrogens (primary N) is 1. The zero-order valence-electron chi connectivity index (χ0n) is 10.6. The molecule has 1 atom stereocenters. The van der Waals surface area contributed by atoms with Crippen molar-refractivity contribution in [2.24, 2.45) is 0 Å². The lowest BCUT2D eigenvalue weighted by Gasteiger charge is -2.14. The quantitative estimate of drug-likeness (QED) is 0.853. The Morgan fingerprint density at radius 2 is 2.22 bits per heavy atom. The Hall–Kier alpha value is -1.82. The average molecular weight is 247 g/mol. The molecule has 2 aromatic heterocycles. The third kappa shape index (κ3) is 1.69. The van der Waals surface area contributed by atoms with Crippen LogP contribution in [0.5, 0.6) is 5.88 Å². The number of anilines is 1. The van der Waals surface area contributed by atoms with E-state index >= 15 is 0 Å². The van der Waals surface area contributed by atoms with Gasteiger partial charge in [-0.05, 0) is 26.1 Å². The van der Waals surface area contributed by atoms with E-state index in [-0.39, 0.29) is 0 Å². The second-order valence-electron chi connectivity index (χ2n) is 4.74. The summed E-state index contributed by atoms with van der Waals surface area (Å²) in [6, 6.07) is 4.05. The predicted octanol–water partition coefficient (Wildman–Crippen LogP) is 0.899. The molecule has 96 valence electrons. The monoisotopic (exact) mass is 247 g/mol. The number of hydrogen-bond acceptors (Lipinski definition) is 5. The number of fused-ring (bicyclic) bond motifs is 1. The molecule has 1 unspecified atom stereocenters. The van der Waals surface area contributed by atoms with Crippen molar-refractivity contribution in [1.29, 1.82) is 0 Å². The maximum Gasteiger partial charge on any atom is 0.215 e. The fraction of sp³-hybridized carbons (Fsp3) is 0.500. The molecule has 1 fully saturated rings. The lowest BCUT2D eigenvalue weighted by molar-refractivity contribution is 0.391. The van der Waals surface area contributed by atoms with Gasteiger partial charge in [-0.3, -0.25) is 4.57 Å². The minimum absolute atomic E-state index is 0.347. The number of pyridine rings is 1. The molecule has 0 radical (unpaired) electrons. The number of nitrogen functional groups attached to an aromatic ring is 1. The molecule has 0 amide bonds. The SMILES string of the molecule is COc1ccc2nc(N)n(C3CCN(C)C3)c2n1. The molecule has 6 heteroatoms. The highest BCUT2D eigenvalue weighted by Crippen LogP contribution is 2.28. The van der Waals surface area contributed by atoms with Gasteiger partial charge in [0, 0.05) is 12.6 Å². The van der Waals surface area contributed by atoms with E-state index in [1.165, 1.54) is 0 Å². The van der Waals surface area contributed by atoms with Gasteiger partial charge in [0.25, 0.3) is 0 Å². The molecule has 1 aliphatic heterocycles. The predicted molar refractivity (Wildman–Crippen MR) is 69.6 cm³/mol. The summed E-state index contributed by atoms with van der Waals surface area (Å²) in [6.07, 6.45) is 1.07. The van der Waals surface area contributed by atoms with Gasteiger partial charge in [0.1, 0.15) is 5.52 Å². The Morgan fingerprint density at radius 1 is 1.39 bits per heavy atom. The Balaban J connectivity index is 2.11. The van der Waals surface area contributed by atoms with E-state index in [0.717, 1.165) is 30.7 Å². The number of ether oxygens (including phenoxy) is 1. The van der Waals surface area contributed by atoms with Gasteiger partial charge in [0.05, 0.1) is 13.2 Å². The van der Waals surface area contributed by atoms with E-state index < -0.39 is 0 Å². The normalized spacial score (nSPS) is 20.7. The number of methoxy groups -OCH3 is 1. The lowest BCUT2D eigenvalue weighted by Crippen LogP contribution is -2.17. The number of likely N-dealkylation sites (tertiary alicyclic amines) is 1. The maximum atomic E-state index is 6.02. The fourth-order valence-electron chi connectivity index (χ4n) is 2.57. The van der Waals surface area contributed by atoms with E-state index in [1.54, 1.807) is 13.2 Å². The molecule has 2 aromatic rings. The molecule has 0 saturated carbocycles. The van der Waals surface area contributed by atoms with Crippen molar-refractivity contribution in [2.75, 3.05) is 33.0 Å². The first-order valence-electron chi connectivity index (χ1n) is 6.06. The standard InChI is InChI=1S/C12H17N5O/c1-16-6-5-8(7-16)17-11-9(14-12(17)13)3-4-10(15-11)18-2/h3-4,8H,5-7H2,1-2H3,(H2,13,14). The first-order valence-corrected chi connectivity index (χ1v) is 6.06. The molecule has 18 heavy (non-hydrogen) atoms. The van der Waals surface area contributed by atoms with Gasteiger partial charge in [-0.25, -0.2) is 4.98 Å². The molecule has 2 N–H and O–H groups in total. The van der Waals surface area contributed by atoms with Crippen LogP contribution in [0, 0.1) is 0 Å². The highest BCUT2D eigenvalue weighted by atomic mass is 16.5. The average Bonchev–Trinajstić information content (AvgIpc) is 2.90. The van der Waals surface area contributed by atoms with E-state index in [9.17, 15) is 0 Å². The van der Waals surface area contributed by atoms with Crippen LogP contribution in [0.2, 0.25) is 0 Å². The number of aromatic nitrogens is 3. The van der Waals surface area contributed by atoms with E-state index in [0.29, 0.717) is 17.9 Å². The zero-order chi connectivity index (χ0) is 12.7. The minimum atomic E-state index is 0.347. The summed E-state index contributed by atoms with van der Waals surface area (Å²) < 4.78 is 7.20. The molecule has 1 aliphatic rings. The summed E-state index contributed by atoms with van der Waals surface area (Å²) in [7, 11) is 3.73. The van der Waals surface area contributed by atoms with Crippen molar-refractivity contribution in [3.63, 3.8) is 0 Å². The van der Waals surface area contributed by atoms with Crippen LogP contribution >= 0.6 is 0 Å². The van der Waals surface area contributed by atoms with Crippen molar-refractivity contribution in [3.05, 3.63) is 12.1 Å². The summed E-state index contributed by atoms with van der Waals surface area (Å²) >= 11 is 0. The van der Waals surface area contributed by atoms with Crippen LogP contribution in [-0.4, -0.2) is 46.7 Å². The van der Waals surface area contributed by atoms with Crippen LogP contribution in [0.1, 0.15) is 12.5 Å². The van der Waals surface area contributed by atoms with Crippen molar-refractivity contribution in [2.45, 2.75) is 12.5 Å². The summed E-state index contributed by atoms with van der Waals surface area (Å²) in [5.41, 5.74) is 7.66. The molecule has 3 rings (SSSR count). The Morgan fingerprint density at radius 3 is 2.89 bits per heavy atom. The van der Waals surface area contributed by atoms with Gasteiger partial charge >= 0.3 is 0 Å². The second-order valence-corrected chi connectivity index (χ2v) is 4.74. The highest BCUT2D eigenvalue weighted by Gasteiger charge is 2.25. The third-order valence-corrected chi connectivity index (χ3v) is 3.48. The number of hydrogen-bond donors (Lipinski definition) is 1. The van der Waals surface area contributed by atoms with Crippen molar-refractivity contribution < 1.29 is 4.74 Å². The minimum Gasteiger partial charge on any atom is -0.481 e. The Bertz CT molecular complexity index is 579. The second kappa shape index (κ2) is 4.13. The van der Waals surface area contributed by atoms with Gasteiger partial charge in [0.2, 0.25) is 11.8 Å². The first-order chi connectivity index (χ1) is 8.69. The Labute approximate surface area is 105 Å². The molecule has 3 heterocycles. The van der Waals surface area contributed by atoms with Crippen molar-refractivity contribution in [3.8, 4) is 5.88 Å². The molecular formula is C12H17N5O. The van der Waals surface area contributed by atoms with E-state index in [1.807, 2.05) is 10.6 Å². The number of rotatable bonds is 2. The van der Waals surface area contributed by atoms with Gasteiger partial charge in [-0.2, -0.15) is 4.98 Å². The van der Waals surface area contributed by atoms with Crippen LogP contribution in [0.25, 0.3) is 11.2 Å². The molecule has 0 aliphatic carbocycles. The maximum absolute atomic E-state index is 6.02. The zero-order valence-corrected chi connectivity index (χ0v) is 10.6. The molecule has 0 aromatic carbocycles. The summed E-state index contributed by atoms with van der Waals surface area (Å²) in [5.74, 6) is 1.13. The molecule has 0 spiro atoms. The van der Waals surface area contributed by atoms with Gasteiger partial charge in [-0.1, -0.05) is 0 Å². The van der Waals surface area contributed by atoms with Crippen LogP contribution in [-0.2, 0) is 0 Å². The van der Waals surface area contributed by atoms with Crippen LogP contribution in [0.3, 0.4) is 0 Å². The molecule has 6 nitrogen and oxygen atoms in total. The van der Waals surface area contributed by atoms with Crippen LogP contribution in [0.15, 0.2) is 12.1 Å². The van der Waals surface area contributed by atoms with Crippen LogP contribution in [0.4, 0.5) is 5.95 Å². The molecular weight excluding hydrogens is 230 g/mol. The highest BCUT2D eigenvalue weighted by molar-refractivity contribution is 5.75. The van der Waals surface area contributed by atoms with E-state index in [4.69, 9.17) is 10.5 Å². The van der Waals surface area contributed by atoms with Gasteiger partial charge in [-0.15, -0.1) is 0 Å².